The molecule has 4 heteroatoms. The highest BCUT2D eigenvalue weighted by molar-refractivity contribution is 6.33. The van der Waals surface area contributed by atoms with Crippen molar-refractivity contribution in [2.24, 2.45) is 0 Å². The van der Waals surface area contributed by atoms with Gasteiger partial charge in [0.2, 0.25) is 0 Å². The molecule has 0 atom stereocenters. The first kappa shape index (κ1) is 9.49. The van der Waals surface area contributed by atoms with Crippen molar-refractivity contribution in [3.63, 3.8) is 0 Å². The van der Waals surface area contributed by atoms with Gasteiger partial charge in [0.15, 0.2) is 5.82 Å². The second-order valence-corrected chi connectivity index (χ2v) is 2.96. The first-order chi connectivity index (χ1) is 5.72. The van der Waals surface area contributed by atoms with E-state index >= 15 is 0 Å². The summed E-state index contributed by atoms with van der Waals surface area (Å²) in [6.07, 6.45) is 4.67. The van der Waals surface area contributed by atoms with Gasteiger partial charge in [-0.2, -0.15) is 0 Å². The Morgan fingerprint density at radius 1 is 1.33 bits per heavy atom. The maximum absolute atomic E-state index is 5.66. The van der Waals surface area contributed by atoms with E-state index in [1.165, 1.54) is 6.07 Å². The van der Waals surface area contributed by atoms with Gasteiger partial charge in [0.05, 0.1) is 0 Å². The SMILES string of the molecule is CCC=Cc1nc(Cl)cc(Cl)n1. The van der Waals surface area contributed by atoms with Crippen molar-refractivity contribution in [1.29, 1.82) is 0 Å². The summed E-state index contributed by atoms with van der Waals surface area (Å²) >= 11 is 11.3. The van der Waals surface area contributed by atoms with Crippen LogP contribution in [0.5, 0.6) is 0 Å². The molecule has 0 amide bonds. The van der Waals surface area contributed by atoms with Crippen LogP contribution >= 0.6 is 23.2 Å². The molecule has 1 heterocycles. The van der Waals surface area contributed by atoms with Crippen LogP contribution in [0.4, 0.5) is 0 Å². The largest absolute Gasteiger partial charge is 0.217 e. The molecule has 2 nitrogen and oxygen atoms in total. The highest BCUT2D eigenvalue weighted by Gasteiger charge is 1.96. The molecule has 0 aliphatic carbocycles. The number of hydrogen-bond donors (Lipinski definition) is 0. The standard InChI is InChI=1S/C8H8Cl2N2/c1-2-3-4-8-11-6(9)5-7(10)12-8/h3-5H,2H2,1H3. The Bertz CT molecular complexity index is 277. The molecular weight excluding hydrogens is 195 g/mol. The molecule has 0 radical (unpaired) electrons. The summed E-state index contributed by atoms with van der Waals surface area (Å²) in [5.41, 5.74) is 0. The Kier molecular flexibility index (Phi) is 3.50. The summed E-state index contributed by atoms with van der Waals surface area (Å²) in [5.74, 6) is 0.550. The van der Waals surface area contributed by atoms with E-state index in [-0.39, 0.29) is 0 Å². The molecule has 0 saturated heterocycles. The van der Waals surface area contributed by atoms with Gasteiger partial charge in [0.25, 0.3) is 0 Å². The Labute approximate surface area is 81.2 Å². The highest BCUT2D eigenvalue weighted by Crippen LogP contribution is 2.12. The number of hydrogen-bond acceptors (Lipinski definition) is 2. The van der Waals surface area contributed by atoms with Crippen LogP contribution in [-0.2, 0) is 0 Å². The van der Waals surface area contributed by atoms with Gasteiger partial charge < -0.3 is 0 Å². The van der Waals surface area contributed by atoms with E-state index in [1.54, 1.807) is 6.08 Å². The molecule has 1 rings (SSSR count). The van der Waals surface area contributed by atoms with Crippen LogP contribution in [0.15, 0.2) is 12.1 Å². The minimum atomic E-state index is 0.366. The fourth-order valence-corrected chi connectivity index (χ4v) is 1.14. The van der Waals surface area contributed by atoms with Gasteiger partial charge in [-0.15, -0.1) is 0 Å². The van der Waals surface area contributed by atoms with Gasteiger partial charge in [-0.05, 0) is 12.5 Å². The van der Waals surface area contributed by atoms with Crippen molar-refractivity contribution in [3.8, 4) is 0 Å². The molecule has 0 aliphatic rings. The van der Waals surface area contributed by atoms with Crippen molar-refractivity contribution in [2.75, 3.05) is 0 Å². The van der Waals surface area contributed by atoms with E-state index in [4.69, 9.17) is 23.2 Å². The summed E-state index contributed by atoms with van der Waals surface area (Å²) in [6, 6.07) is 1.51. The molecule has 0 fully saturated rings. The van der Waals surface area contributed by atoms with Crippen LogP contribution in [0.1, 0.15) is 19.2 Å². The van der Waals surface area contributed by atoms with Gasteiger partial charge in [0, 0.05) is 6.07 Å². The fraction of sp³-hybridized carbons (Fsp3) is 0.250. The lowest BCUT2D eigenvalue weighted by Crippen LogP contribution is -1.87. The van der Waals surface area contributed by atoms with E-state index in [1.807, 2.05) is 13.0 Å². The summed E-state index contributed by atoms with van der Waals surface area (Å²) in [7, 11) is 0. The Morgan fingerprint density at radius 2 is 1.92 bits per heavy atom. The van der Waals surface area contributed by atoms with Crippen molar-refractivity contribution in [2.45, 2.75) is 13.3 Å². The zero-order chi connectivity index (χ0) is 8.97. The Morgan fingerprint density at radius 3 is 2.42 bits per heavy atom. The fourth-order valence-electron chi connectivity index (χ4n) is 0.704. The molecular formula is C8H8Cl2N2. The van der Waals surface area contributed by atoms with Gasteiger partial charge in [-0.25, -0.2) is 9.97 Å². The number of aromatic nitrogens is 2. The lowest BCUT2D eigenvalue weighted by molar-refractivity contribution is 1.13. The van der Waals surface area contributed by atoms with Crippen LogP contribution in [0.3, 0.4) is 0 Å². The Balaban J connectivity index is 2.93. The number of nitrogens with zero attached hydrogens (tertiary/aromatic N) is 2. The molecule has 64 valence electrons. The topological polar surface area (TPSA) is 25.8 Å². The third kappa shape index (κ3) is 2.80. The van der Waals surface area contributed by atoms with E-state index in [0.29, 0.717) is 16.1 Å². The van der Waals surface area contributed by atoms with Crippen LogP contribution in [0.25, 0.3) is 6.08 Å². The van der Waals surface area contributed by atoms with Crippen molar-refractivity contribution in [3.05, 3.63) is 28.3 Å². The summed E-state index contributed by atoms with van der Waals surface area (Å²) in [5, 5.41) is 0.733. The monoisotopic (exact) mass is 202 g/mol. The van der Waals surface area contributed by atoms with E-state index < -0.39 is 0 Å². The number of halogens is 2. The van der Waals surface area contributed by atoms with Gasteiger partial charge in [0.1, 0.15) is 10.3 Å². The maximum atomic E-state index is 5.66. The Hall–Kier alpha value is -0.600. The smallest absolute Gasteiger partial charge is 0.155 e. The molecule has 0 aromatic carbocycles. The van der Waals surface area contributed by atoms with Crippen LogP contribution in [0, 0.1) is 0 Å². The molecule has 0 spiro atoms. The minimum absolute atomic E-state index is 0.366. The molecule has 1 aromatic rings. The quantitative estimate of drug-likeness (QED) is 0.689. The van der Waals surface area contributed by atoms with Gasteiger partial charge in [-0.3, -0.25) is 0 Å². The number of rotatable bonds is 2. The number of allylic oxidation sites excluding steroid dienone is 1. The second-order valence-electron chi connectivity index (χ2n) is 2.18. The summed E-state index contributed by atoms with van der Waals surface area (Å²) in [4.78, 5) is 7.91. The average Bonchev–Trinajstić information content (AvgIpc) is 1.99. The summed E-state index contributed by atoms with van der Waals surface area (Å²) < 4.78 is 0. The van der Waals surface area contributed by atoms with E-state index in [9.17, 15) is 0 Å². The van der Waals surface area contributed by atoms with Gasteiger partial charge >= 0.3 is 0 Å². The normalized spacial score (nSPS) is 10.9. The van der Waals surface area contributed by atoms with Crippen molar-refractivity contribution >= 4 is 29.3 Å². The van der Waals surface area contributed by atoms with Crippen LogP contribution < -0.4 is 0 Å². The first-order valence-electron chi connectivity index (χ1n) is 3.59. The van der Waals surface area contributed by atoms with Crippen molar-refractivity contribution in [1.82, 2.24) is 9.97 Å². The molecule has 0 N–H and O–H groups in total. The van der Waals surface area contributed by atoms with Crippen LogP contribution in [0.2, 0.25) is 10.3 Å². The average molecular weight is 203 g/mol. The van der Waals surface area contributed by atoms with Crippen LogP contribution in [-0.4, -0.2) is 9.97 Å². The lowest BCUT2D eigenvalue weighted by Gasteiger charge is -1.94. The molecule has 0 unspecified atom stereocenters. The van der Waals surface area contributed by atoms with E-state index in [0.717, 1.165) is 6.42 Å². The predicted octanol–water partition coefficient (Wildman–Crippen LogP) is 3.21. The molecule has 0 aliphatic heterocycles. The summed E-state index contributed by atoms with van der Waals surface area (Å²) in [6.45, 7) is 2.03. The second kappa shape index (κ2) is 4.43. The van der Waals surface area contributed by atoms with Crippen molar-refractivity contribution < 1.29 is 0 Å². The molecule has 12 heavy (non-hydrogen) atoms. The molecule has 0 bridgehead atoms. The van der Waals surface area contributed by atoms with Gasteiger partial charge in [-0.1, -0.05) is 36.2 Å². The molecule has 1 aromatic heterocycles. The maximum Gasteiger partial charge on any atom is 0.155 e. The third-order valence-electron chi connectivity index (χ3n) is 1.18. The van der Waals surface area contributed by atoms with E-state index in [2.05, 4.69) is 9.97 Å². The lowest BCUT2D eigenvalue weighted by atomic mass is 10.4. The first-order valence-corrected chi connectivity index (χ1v) is 4.34. The third-order valence-corrected chi connectivity index (χ3v) is 1.57. The highest BCUT2D eigenvalue weighted by atomic mass is 35.5. The minimum Gasteiger partial charge on any atom is -0.217 e. The molecule has 0 saturated carbocycles. The zero-order valence-corrected chi connectivity index (χ0v) is 8.10. The predicted molar refractivity (Wildman–Crippen MR) is 51.4 cm³/mol. The zero-order valence-electron chi connectivity index (χ0n) is 6.59.